The minimum Gasteiger partial charge on any atom is -0.481 e. The number of hydrogen-bond donors (Lipinski definition) is 1. The molecule has 30 heavy (non-hydrogen) atoms. The van der Waals surface area contributed by atoms with Crippen LogP contribution in [0.15, 0.2) is 64.8 Å². The van der Waals surface area contributed by atoms with Gasteiger partial charge in [-0.1, -0.05) is 48.0 Å². The van der Waals surface area contributed by atoms with Crippen molar-refractivity contribution in [3.05, 3.63) is 81.7 Å². The van der Waals surface area contributed by atoms with Crippen molar-refractivity contribution >= 4 is 27.5 Å². The van der Waals surface area contributed by atoms with Crippen LogP contribution in [-0.4, -0.2) is 21.7 Å². The molecule has 2 heterocycles. The highest BCUT2D eigenvalue weighted by atomic mass is 32.1. The van der Waals surface area contributed by atoms with E-state index in [1.54, 1.807) is 13.8 Å². The highest BCUT2D eigenvalue weighted by molar-refractivity contribution is 7.17. The standard InChI is InChI=1S/C23H21N3O3S/c1-14-9-11-18(12-10-14)29-15(2)21(27)25-26-16(3)24-22-20(23(26)28)19(13-30-22)17-7-5-4-6-8-17/h4-13,15H,1-3H3,(H,25,27)/t15-/m0/s1. The van der Waals surface area contributed by atoms with Gasteiger partial charge in [0.2, 0.25) is 0 Å². The fourth-order valence-electron chi connectivity index (χ4n) is 3.13. The summed E-state index contributed by atoms with van der Waals surface area (Å²) in [6.45, 7) is 5.31. The zero-order valence-electron chi connectivity index (χ0n) is 16.9. The maximum atomic E-state index is 13.2. The van der Waals surface area contributed by atoms with Crippen LogP contribution in [0.1, 0.15) is 18.3 Å². The van der Waals surface area contributed by atoms with Gasteiger partial charge in [0.1, 0.15) is 16.4 Å². The Morgan fingerprint density at radius 3 is 2.50 bits per heavy atom. The number of nitrogens with one attached hydrogen (secondary N) is 1. The van der Waals surface area contributed by atoms with Crippen molar-refractivity contribution in [2.75, 3.05) is 5.43 Å². The summed E-state index contributed by atoms with van der Waals surface area (Å²) >= 11 is 1.41. The Hall–Kier alpha value is -3.45. The molecule has 2 aromatic carbocycles. The van der Waals surface area contributed by atoms with E-state index in [0.29, 0.717) is 21.8 Å². The van der Waals surface area contributed by atoms with Crippen LogP contribution in [0.3, 0.4) is 0 Å². The fraction of sp³-hybridized carbons (Fsp3) is 0.174. The number of aryl methyl sites for hydroxylation is 2. The Morgan fingerprint density at radius 2 is 1.80 bits per heavy atom. The minimum atomic E-state index is -0.786. The van der Waals surface area contributed by atoms with E-state index in [4.69, 9.17) is 4.74 Å². The molecule has 2 aromatic heterocycles. The van der Waals surface area contributed by atoms with E-state index < -0.39 is 12.0 Å². The summed E-state index contributed by atoms with van der Waals surface area (Å²) in [5, 5.41) is 2.41. The molecular weight excluding hydrogens is 398 g/mol. The van der Waals surface area contributed by atoms with Crippen LogP contribution in [0.4, 0.5) is 0 Å². The second-order valence-electron chi connectivity index (χ2n) is 7.04. The average Bonchev–Trinajstić information content (AvgIpc) is 3.17. The number of aromatic nitrogens is 2. The van der Waals surface area contributed by atoms with Crippen LogP contribution in [0.2, 0.25) is 0 Å². The van der Waals surface area contributed by atoms with Crippen LogP contribution >= 0.6 is 11.3 Å². The molecule has 0 saturated carbocycles. The van der Waals surface area contributed by atoms with Crippen LogP contribution in [0.25, 0.3) is 21.3 Å². The molecule has 0 unspecified atom stereocenters. The fourth-order valence-corrected chi connectivity index (χ4v) is 4.11. The van der Waals surface area contributed by atoms with Gasteiger partial charge in [-0.05, 0) is 38.5 Å². The van der Waals surface area contributed by atoms with Gasteiger partial charge in [0.05, 0.1) is 5.39 Å². The van der Waals surface area contributed by atoms with Gasteiger partial charge in [-0.15, -0.1) is 11.3 Å². The number of benzene rings is 2. The number of rotatable bonds is 5. The van der Waals surface area contributed by atoms with E-state index in [1.165, 1.54) is 16.0 Å². The molecular formula is C23H21N3O3S. The highest BCUT2D eigenvalue weighted by Crippen LogP contribution is 2.30. The van der Waals surface area contributed by atoms with Gasteiger partial charge < -0.3 is 4.74 Å². The predicted octanol–water partition coefficient (Wildman–Crippen LogP) is 4.28. The van der Waals surface area contributed by atoms with Gasteiger partial charge in [-0.25, -0.2) is 9.66 Å². The normalized spacial score (nSPS) is 12.0. The Balaban J connectivity index is 1.64. The Morgan fingerprint density at radius 1 is 1.10 bits per heavy atom. The SMILES string of the molecule is Cc1ccc(O[C@@H](C)C(=O)Nn2c(C)nc3scc(-c4ccccc4)c3c2=O)cc1. The molecule has 6 nitrogen and oxygen atoms in total. The number of nitrogens with zero attached hydrogens (tertiary/aromatic N) is 2. The van der Waals surface area contributed by atoms with Crippen molar-refractivity contribution in [2.24, 2.45) is 0 Å². The van der Waals surface area contributed by atoms with Crippen LogP contribution < -0.4 is 15.7 Å². The summed E-state index contributed by atoms with van der Waals surface area (Å²) in [7, 11) is 0. The van der Waals surface area contributed by atoms with Crippen molar-refractivity contribution in [2.45, 2.75) is 26.9 Å². The summed E-state index contributed by atoms with van der Waals surface area (Å²) in [4.78, 5) is 31.1. The number of carbonyl (C=O) groups is 1. The summed E-state index contributed by atoms with van der Waals surface area (Å²) in [6.07, 6.45) is -0.786. The molecule has 0 radical (unpaired) electrons. The monoisotopic (exact) mass is 419 g/mol. The lowest BCUT2D eigenvalue weighted by Gasteiger charge is -2.17. The topological polar surface area (TPSA) is 73.2 Å². The van der Waals surface area contributed by atoms with Crippen molar-refractivity contribution < 1.29 is 9.53 Å². The largest absolute Gasteiger partial charge is 0.481 e. The molecule has 0 fully saturated rings. The van der Waals surface area contributed by atoms with Gasteiger partial charge in [0, 0.05) is 10.9 Å². The van der Waals surface area contributed by atoms with E-state index in [-0.39, 0.29) is 5.56 Å². The van der Waals surface area contributed by atoms with Crippen LogP contribution in [0.5, 0.6) is 5.75 Å². The van der Waals surface area contributed by atoms with Gasteiger partial charge in [-0.2, -0.15) is 0 Å². The lowest BCUT2D eigenvalue weighted by atomic mass is 10.1. The smallest absolute Gasteiger partial charge is 0.281 e. The zero-order valence-corrected chi connectivity index (χ0v) is 17.7. The lowest BCUT2D eigenvalue weighted by Crippen LogP contribution is -2.41. The summed E-state index contributed by atoms with van der Waals surface area (Å²) in [6, 6.07) is 17.1. The second kappa shape index (κ2) is 8.12. The molecule has 152 valence electrons. The molecule has 0 spiro atoms. The van der Waals surface area contributed by atoms with Gasteiger partial charge in [0.15, 0.2) is 6.10 Å². The Kier molecular flexibility index (Phi) is 5.37. The minimum absolute atomic E-state index is 0.312. The molecule has 0 bridgehead atoms. The quantitative estimate of drug-likeness (QED) is 0.524. The van der Waals surface area contributed by atoms with E-state index in [9.17, 15) is 9.59 Å². The Labute approximate surface area is 177 Å². The average molecular weight is 420 g/mol. The third-order valence-electron chi connectivity index (χ3n) is 4.79. The number of fused-ring (bicyclic) bond motifs is 1. The first-order valence-electron chi connectivity index (χ1n) is 9.54. The maximum Gasteiger partial charge on any atom is 0.281 e. The predicted molar refractivity (Wildman–Crippen MR) is 120 cm³/mol. The van der Waals surface area contributed by atoms with Gasteiger partial charge in [0.25, 0.3) is 11.5 Å². The van der Waals surface area contributed by atoms with Crippen molar-refractivity contribution in [1.82, 2.24) is 9.66 Å². The molecule has 0 saturated heterocycles. The van der Waals surface area contributed by atoms with Gasteiger partial charge >= 0.3 is 0 Å². The van der Waals surface area contributed by atoms with Crippen molar-refractivity contribution in [3.63, 3.8) is 0 Å². The zero-order chi connectivity index (χ0) is 21.3. The molecule has 7 heteroatoms. The molecule has 0 aliphatic rings. The summed E-state index contributed by atoms with van der Waals surface area (Å²) in [5.41, 5.74) is 5.18. The molecule has 1 amide bonds. The molecule has 0 aliphatic carbocycles. The molecule has 4 aromatic rings. The summed E-state index contributed by atoms with van der Waals surface area (Å²) < 4.78 is 6.90. The van der Waals surface area contributed by atoms with Crippen LogP contribution in [-0.2, 0) is 4.79 Å². The molecule has 0 aliphatic heterocycles. The third kappa shape index (κ3) is 3.84. The second-order valence-corrected chi connectivity index (χ2v) is 7.90. The number of carbonyl (C=O) groups excluding carboxylic acids is 1. The summed E-state index contributed by atoms with van der Waals surface area (Å²) in [5.74, 6) is 0.563. The number of ether oxygens (including phenoxy) is 1. The first-order chi connectivity index (χ1) is 14.4. The number of amides is 1. The first-order valence-corrected chi connectivity index (χ1v) is 10.4. The highest BCUT2D eigenvalue weighted by Gasteiger charge is 2.20. The molecule has 1 atom stereocenters. The first kappa shape index (κ1) is 19.8. The van der Waals surface area contributed by atoms with E-state index >= 15 is 0 Å². The molecule has 1 N–H and O–H groups in total. The molecule has 4 rings (SSSR count). The van der Waals surface area contributed by atoms with E-state index in [1.807, 2.05) is 66.9 Å². The third-order valence-corrected chi connectivity index (χ3v) is 5.66. The van der Waals surface area contributed by atoms with Crippen molar-refractivity contribution in [1.29, 1.82) is 0 Å². The Bertz CT molecular complexity index is 1260. The van der Waals surface area contributed by atoms with Gasteiger partial charge in [-0.3, -0.25) is 15.0 Å². The maximum absolute atomic E-state index is 13.2. The number of hydrogen-bond acceptors (Lipinski definition) is 5. The van der Waals surface area contributed by atoms with Crippen LogP contribution in [0, 0.1) is 13.8 Å². The number of thiophene rings is 1. The van der Waals surface area contributed by atoms with E-state index in [0.717, 1.165) is 16.7 Å². The lowest BCUT2D eigenvalue weighted by molar-refractivity contribution is -0.123. The van der Waals surface area contributed by atoms with Crippen molar-refractivity contribution in [3.8, 4) is 16.9 Å². The van der Waals surface area contributed by atoms with E-state index in [2.05, 4.69) is 10.4 Å².